The standard InChI is InChI=1S/C33H43F3N2O2/c1-23-4-2-7-26(18-23)30-22-38(31(32(39)40)19-25-5-3-6-25)21-27(30)20-37-16-13-24(14-17-37)12-15-33(35,36)28-8-10-29(34)11-9-28/h2,4,7-11,18,24-25,27,30-31H,3,5-6,12-17,19-22H2,1H3,(H,39,40)/t27-,30+,31+/m0/s1. The molecule has 0 aromatic heterocycles. The molecule has 0 radical (unpaired) electrons. The van der Waals surface area contributed by atoms with Crippen molar-refractivity contribution in [2.75, 3.05) is 32.7 Å². The number of hydrogen-bond acceptors (Lipinski definition) is 3. The van der Waals surface area contributed by atoms with Gasteiger partial charge in [-0.3, -0.25) is 9.69 Å². The molecule has 0 spiro atoms. The van der Waals surface area contributed by atoms with Crippen LogP contribution in [-0.2, 0) is 10.7 Å². The maximum atomic E-state index is 14.7. The Morgan fingerprint density at radius 1 is 1.02 bits per heavy atom. The Kier molecular flexibility index (Phi) is 9.21. The van der Waals surface area contributed by atoms with Gasteiger partial charge < -0.3 is 10.0 Å². The minimum atomic E-state index is -2.95. The smallest absolute Gasteiger partial charge is 0.320 e. The van der Waals surface area contributed by atoms with E-state index >= 15 is 0 Å². The molecule has 1 N–H and O–H groups in total. The SMILES string of the molecule is Cc1cccc([C@H]2CN([C@H](CC3CCC3)C(=O)O)C[C@@H]2CN2CCC(CCC(F)(F)c3ccc(F)cc3)CC2)c1. The Morgan fingerprint density at radius 3 is 2.38 bits per heavy atom. The molecule has 5 rings (SSSR count). The summed E-state index contributed by atoms with van der Waals surface area (Å²) in [6.45, 7) is 6.33. The van der Waals surface area contributed by atoms with Crippen molar-refractivity contribution in [3.05, 3.63) is 71.0 Å². The third-order valence-electron chi connectivity index (χ3n) is 9.78. The number of benzene rings is 2. The van der Waals surface area contributed by atoms with E-state index < -0.39 is 23.8 Å². The molecule has 4 nitrogen and oxygen atoms in total. The van der Waals surface area contributed by atoms with E-state index in [4.69, 9.17) is 0 Å². The van der Waals surface area contributed by atoms with Crippen molar-refractivity contribution in [1.82, 2.24) is 9.80 Å². The van der Waals surface area contributed by atoms with E-state index in [0.717, 1.165) is 77.0 Å². The fraction of sp³-hybridized carbons (Fsp3) is 0.606. The second-order valence-corrected chi connectivity index (χ2v) is 12.6. The average Bonchev–Trinajstić information content (AvgIpc) is 3.31. The Morgan fingerprint density at radius 2 is 1.75 bits per heavy atom. The molecule has 218 valence electrons. The number of likely N-dealkylation sites (tertiary alicyclic amines) is 2. The number of rotatable bonds is 11. The summed E-state index contributed by atoms with van der Waals surface area (Å²) < 4.78 is 42.6. The van der Waals surface area contributed by atoms with E-state index in [1.807, 2.05) is 0 Å². The maximum Gasteiger partial charge on any atom is 0.320 e. The van der Waals surface area contributed by atoms with Crippen molar-refractivity contribution in [3.8, 4) is 0 Å². The predicted molar refractivity (Wildman–Crippen MR) is 151 cm³/mol. The second kappa shape index (κ2) is 12.6. The largest absolute Gasteiger partial charge is 0.480 e. The van der Waals surface area contributed by atoms with Crippen molar-refractivity contribution in [2.24, 2.45) is 17.8 Å². The topological polar surface area (TPSA) is 43.8 Å². The summed E-state index contributed by atoms with van der Waals surface area (Å²) in [6.07, 6.45) is 6.29. The van der Waals surface area contributed by atoms with Crippen LogP contribution in [0, 0.1) is 30.5 Å². The normalized spacial score (nSPS) is 24.2. The van der Waals surface area contributed by atoms with Crippen LogP contribution in [0.1, 0.15) is 74.0 Å². The van der Waals surface area contributed by atoms with Crippen LogP contribution in [0.5, 0.6) is 0 Å². The second-order valence-electron chi connectivity index (χ2n) is 12.6. The molecule has 0 bridgehead atoms. The molecule has 1 saturated carbocycles. The number of carboxylic acid groups (broad SMARTS) is 1. The maximum absolute atomic E-state index is 14.7. The van der Waals surface area contributed by atoms with Gasteiger partial charge in [0.05, 0.1) is 0 Å². The summed E-state index contributed by atoms with van der Waals surface area (Å²) >= 11 is 0. The van der Waals surface area contributed by atoms with Gasteiger partial charge in [0.15, 0.2) is 0 Å². The highest BCUT2D eigenvalue weighted by Gasteiger charge is 2.41. The van der Waals surface area contributed by atoms with Crippen molar-refractivity contribution in [2.45, 2.75) is 76.2 Å². The zero-order valence-corrected chi connectivity index (χ0v) is 23.6. The van der Waals surface area contributed by atoms with Gasteiger partial charge in [0, 0.05) is 37.5 Å². The van der Waals surface area contributed by atoms with E-state index in [9.17, 15) is 23.1 Å². The monoisotopic (exact) mass is 556 g/mol. The van der Waals surface area contributed by atoms with Gasteiger partial charge in [0.1, 0.15) is 11.9 Å². The van der Waals surface area contributed by atoms with Crippen molar-refractivity contribution < 1.29 is 23.1 Å². The first-order valence-electron chi connectivity index (χ1n) is 15.1. The number of carboxylic acids is 1. The van der Waals surface area contributed by atoms with Crippen LogP contribution in [0.15, 0.2) is 48.5 Å². The van der Waals surface area contributed by atoms with Gasteiger partial charge in [-0.25, -0.2) is 13.2 Å². The fourth-order valence-electron chi connectivity index (χ4n) is 7.09. The minimum Gasteiger partial charge on any atom is -0.480 e. The van der Waals surface area contributed by atoms with Crippen LogP contribution < -0.4 is 0 Å². The van der Waals surface area contributed by atoms with Crippen LogP contribution >= 0.6 is 0 Å². The molecule has 2 saturated heterocycles. The lowest BCUT2D eigenvalue weighted by Gasteiger charge is -2.35. The van der Waals surface area contributed by atoms with Gasteiger partial charge in [-0.2, -0.15) is 0 Å². The van der Waals surface area contributed by atoms with Gasteiger partial charge in [-0.05, 0) is 81.1 Å². The molecule has 0 amide bonds. The molecule has 2 aromatic carbocycles. The molecule has 3 aliphatic rings. The Labute approximate surface area is 236 Å². The van der Waals surface area contributed by atoms with Gasteiger partial charge in [-0.1, -0.05) is 61.2 Å². The third kappa shape index (κ3) is 7.09. The van der Waals surface area contributed by atoms with Crippen LogP contribution in [0.4, 0.5) is 13.2 Å². The van der Waals surface area contributed by atoms with E-state index in [1.165, 1.54) is 29.7 Å². The first-order valence-corrected chi connectivity index (χ1v) is 15.1. The van der Waals surface area contributed by atoms with Crippen molar-refractivity contribution in [1.29, 1.82) is 0 Å². The van der Waals surface area contributed by atoms with Crippen LogP contribution in [0.3, 0.4) is 0 Å². The van der Waals surface area contributed by atoms with E-state index in [2.05, 4.69) is 41.0 Å². The number of nitrogens with zero attached hydrogens (tertiary/aromatic N) is 2. The van der Waals surface area contributed by atoms with Crippen molar-refractivity contribution in [3.63, 3.8) is 0 Å². The Bertz CT molecular complexity index is 1130. The molecule has 2 aliphatic heterocycles. The average molecular weight is 557 g/mol. The first kappa shape index (κ1) is 29.1. The highest BCUT2D eigenvalue weighted by molar-refractivity contribution is 5.73. The van der Waals surface area contributed by atoms with Gasteiger partial charge in [0.2, 0.25) is 0 Å². The lowest BCUT2D eigenvalue weighted by molar-refractivity contribution is -0.144. The van der Waals surface area contributed by atoms with Gasteiger partial charge in [-0.15, -0.1) is 0 Å². The molecule has 2 heterocycles. The molecule has 2 aromatic rings. The number of aryl methyl sites for hydroxylation is 1. The number of aliphatic carboxylic acids is 1. The molecule has 3 atom stereocenters. The number of alkyl halides is 2. The summed E-state index contributed by atoms with van der Waals surface area (Å²) in [5.41, 5.74) is 2.40. The first-order chi connectivity index (χ1) is 19.2. The molecule has 7 heteroatoms. The summed E-state index contributed by atoms with van der Waals surface area (Å²) in [5, 5.41) is 10.1. The van der Waals surface area contributed by atoms with Gasteiger partial charge in [0.25, 0.3) is 5.92 Å². The van der Waals surface area contributed by atoms with E-state index in [1.54, 1.807) is 0 Å². The lowest BCUT2D eigenvalue weighted by atomic mass is 9.80. The predicted octanol–water partition coefficient (Wildman–Crippen LogP) is 7.08. The van der Waals surface area contributed by atoms with Crippen LogP contribution in [-0.4, -0.2) is 59.6 Å². The molecular formula is C33H43F3N2O2. The quantitative estimate of drug-likeness (QED) is 0.321. The number of piperidine rings is 1. The summed E-state index contributed by atoms with van der Waals surface area (Å²) in [5.74, 6) is -2.73. The highest BCUT2D eigenvalue weighted by atomic mass is 19.3. The fourth-order valence-corrected chi connectivity index (χ4v) is 7.09. The number of halogens is 3. The Hall–Kier alpha value is -2.38. The van der Waals surface area contributed by atoms with Crippen LogP contribution in [0.2, 0.25) is 0 Å². The Balaban J connectivity index is 1.18. The van der Waals surface area contributed by atoms with Crippen LogP contribution in [0.25, 0.3) is 0 Å². The molecule has 0 unspecified atom stereocenters. The number of carbonyl (C=O) groups is 1. The zero-order chi connectivity index (χ0) is 28.3. The minimum absolute atomic E-state index is 0.115. The van der Waals surface area contributed by atoms with Gasteiger partial charge >= 0.3 is 5.97 Å². The lowest BCUT2D eigenvalue weighted by Crippen LogP contribution is -2.43. The van der Waals surface area contributed by atoms with E-state index in [0.29, 0.717) is 18.3 Å². The molecular weight excluding hydrogens is 513 g/mol. The van der Waals surface area contributed by atoms with Crippen molar-refractivity contribution >= 4 is 5.97 Å². The summed E-state index contributed by atoms with van der Waals surface area (Å²) in [7, 11) is 0. The molecule has 1 aliphatic carbocycles. The molecule has 3 fully saturated rings. The third-order valence-corrected chi connectivity index (χ3v) is 9.78. The molecule has 40 heavy (non-hydrogen) atoms. The summed E-state index contributed by atoms with van der Waals surface area (Å²) in [6, 6.07) is 12.8. The number of hydrogen-bond donors (Lipinski definition) is 1. The van der Waals surface area contributed by atoms with E-state index in [-0.39, 0.29) is 23.8 Å². The zero-order valence-electron chi connectivity index (χ0n) is 23.6. The highest BCUT2D eigenvalue weighted by Crippen LogP contribution is 2.40. The summed E-state index contributed by atoms with van der Waals surface area (Å²) in [4.78, 5) is 17.0.